The molecule has 0 saturated heterocycles. The summed E-state index contributed by atoms with van der Waals surface area (Å²) >= 11 is 0. The largest absolute Gasteiger partial charge is 0.370 e. The van der Waals surface area contributed by atoms with Crippen LogP contribution >= 0.6 is 24.0 Å². The van der Waals surface area contributed by atoms with E-state index in [1.165, 1.54) is 17.5 Å². The molecule has 0 radical (unpaired) electrons. The van der Waals surface area contributed by atoms with Gasteiger partial charge >= 0.3 is 0 Å². The number of nitrogens with two attached hydrogens (primary N) is 1. The third-order valence-electron chi connectivity index (χ3n) is 5.28. The average Bonchev–Trinajstić information content (AvgIpc) is 3.11. The number of fused-ring (bicyclic) bond motifs is 3. The van der Waals surface area contributed by atoms with Crippen LogP contribution in [0.25, 0.3) is 0 Å². The summed E-state index contributed by atoms with van der Waals surface area (Å²) < 4.78 is 0. The maximum Gasteiger partial charge on any atom is 0.193 e. The molecule has 0 spiro atoms. The minimum absolute atomic E-state index is 0. The van der Waals surface area contributed by atoms with E-state index in [1.807, 2.05) is 6.07 Å². The number of aryl methyl sites for hydroxylation is 1. The molecule has 2 aliphatic rings. The van der Waals surface area contributed by atoms with Gasteiger partial charge in [0.2, 0.25) is 0 Å². The topological polar surface area (TPSA) is 50.4 Å². The van der Waals surface area contributed by atoms with Crippen molar-refractivity contribution in [1.29, 1.82) is 0 Å². The molecule has 1 saturated carbocycles. The highest BCUT2D eigenvalue weighted by Crippen LogP contribution is 2.61. The van der Waals surface area contributed by atoms with Crippen LogP contribution in [0.5, 0.6) is 0 Å². The summed E-state index contributed by atoms with van der Waals surface area (Å²) in [4.78, 5) is 4.58. The molecule has 0 aromatic heterocycles. The molecule has 3 unspecified atom stereocenters. The zero-order valence-electron chi connectivity index (χ0n) is 13.9. The molecule has 0 amide bonds. The second-order valence-electron chi connectivity index (χ2n) is 6.66. The molecular weight excluding hydrogens is 409 g/mol. The first-order valence-corrected chi connectivity index (χ1v) is 8.50. The summed E-state index contributed by atoms with van der Waals surface area (Å²) in [7, 11) is 0. The standard InChI is InChI=1S/C20H23N3.HI/c1-2-13-6-5-8-15(10-13)23-20(21)22-12-18-17-11-14-7-3-4-9-16(14)19(17)18;/h3-10,17-19H,2,11-12H2,1H3,(H3,21,22,23);1H. The van der Waals surface area contributed by atoms with Gasteiger partial charge in [-0.3, -0.25) is 4.99 Å². The lowest BCUT2D eigenvalue weighted by Gasteiger charge is -2.08. The van der Waals surface area contributed by atoms with Crippen molar-refractivity contribution >= 4 is 35.6 Å². The SMILES string of the molecule is CCc1cccc(NC(N)=NCC2C3Cc4ccccc4C23)c1.I. The van der Waals surface area contributed by atoms with Crippen molar-refractivity contribution in [3.8, 4) is 0 Å². The molecule has 2 aromatic carbocycles. The van der Waals surface area contributed by atoms with E-state index >= 15 is 0 Å². The number of benzene rings is 2. The summed E-state index contributed by atoms with van der Waals surface area (Å²) in [6.07, 6.45) is 2.24. The van der Waals surface area contributed by atoms with Gasteiger partial charge in [0.25, 0.3) is 0 Å². The summed E-state index contributed by atoms with van der Waals surface area (Å²) in [5.74, 6) is 2.70. The molecule has 2 aliphatic carbocycles. The van der Waals surface area contributed by atoms with Crippen molar-refractivity contribution in [3.05, 3.63) is 65.2 Å². The Morgan fingerprint density at radius 3 is 2.88 bits per heavy atom. The van der Waals surface area contributed by atoms with Gasteiger partial charge in [0.05, 0.1) is 0 Å². The second kappa shape index (κ2) is 7.13. The normalized spacial score (nSPS) is 23.9. The van der Waals surface area contributed by atoms with Crippen LogP contribution in [0.1, 0.15) is 29.5 Å². The third-order valence-corrected chi connectivity index (χ3v) is 5.28. The van der Waals surface area contributed by atoms with Gasteiger partial charge in [0, 0.05) is 12.2 Å². The quantitative estimate of drug-likeness (QED) is 0.432. The first kappa shape index (κ1) is 17.3. The van der Waals surface area contributed by atoms with Crippen molar-refractivity contribution in [3.63, 3.8) is 0 Å². The molecule has 2 aromatic rings. The van der Waals surface area contributed by atoms with Crippen LogP contribution in [0.15, 0.2) is 53.5 Å². The van der Waals surface area contributed by atoms with E-state index in [0.29, 0.717) is 17.8 Å². The number of guanidine groups is 1. The van der Waals surface area contributed by atoms with Crippen LogP contribution in [0.3, 0.4) is 0 Å². The van der Waals surface area contributed by atoms with Crippen molar-refractivity contribution in [1.82, 2.24) is 0 Å². The Balaban J connectivity index is 0.00000169. The summed E-state index contributed by atoms with van der Waals surface area (Å²) in [5.41, 5.74) is 11.5. The Morgan fingerprint density at radius 2 is 2.04 bits per heavy atom. The van der Waals surface area contributed by atoms with Gasteiger partial charge in [0.1, 0.15) is 0 Å². The number of nitrogens with one attached hydrogen (secondary N) is 1. The molecule has 4 rings (SSSR count). The highest BCUT2D eigenvalue weighted by molar-refractivity contribution is 14.0. The lowest BCUT2D eigenvalue weighted by atomic mass is 10.0. The van der Waals surface area contributed by atoms with Gasteiger partial charge in [0.15, 0.2) is 5.96 Å². The Morgan fingerprint density at radius 1 is 1.21 bits per heavy atom. The highest BCUT2D eigenvalue weighted by Gasteiger charge is 2.54. The Labute approximate surface area is 160 Å². The highest BCUT2D eigenvalue weighted by atomic mass is 127. The summed E-state index contributed by atoms with van der Waals surface area (Å²) in [6.45, 7) is 2.98. The smallest absolute Gasteiger partial charge is 0.193 e. The molecular formula is C20H24IN3. The molecule has 126 valence electrons. The number of halogens is 1. The molecule has 0 aliphatic heterocycles. The number of aliphatic imine (C=N–C) groups is 1. The van der Waals surface area contributed by atoms with E-state index in [4.69, 9.17) is 5.73 Å². The second-order valence-corrected chi connectivity index (χ2v) is 6.66. The fourth-order valence-corrected chi connectivity index (χ4v) is 3.99. The first-order valence-electron chi connectivity index (χ1n) is 8.50. The van der Waals surface area contributed by atoms with E-state index in [0.717, 1.165) is 24.6 Å². The Bertz CT molecular complexity index is 756. The van der Waals surface area contributed by atoms with Crippen molar-refractivity contribution in [2.45, 2.75) is 25.7 Å². The van der Waals surface area contributed by atoms with Crippen LogP contribution in [0, 0.1) is 11.8 Å². The van der Waals surface area contributed by atoms with E-state index < -0.39 is 0 Å². The predicted molar refractivity (Wildman–Crippen MR) is 111 cm³/mol. The fourth-order valence-electron chi connectivity index (χ4n) is 3.99. The van der Waals surface area contributed by atoms with Gasteiger partial charge in [-0.05, 0) is 59.4 Å². The average molecular weight is 433 g/mol. The fraction of sp³-hybridized carbons (Fsp3) is 0.350. The van der Waals surface area contributed by atoms with Crippen LogP contribution in [0.4, 0.5) is 5.69 Å². The molecule has 4 heteroatoms. The minimum Gasteiger partial charge on any atom is -0.370 e. The van der Waals surface area contributed by atoms with Gasteiger partial charge in [-0.15, -0.1) is 24.0 Å². The van der Waals surface area contributed by atoms with Crippen LogP contribution in [-0.4, -0.2) is 12.5 Å². The van der Waals surface area contributed by atoms with Crippen molar-refractivity contribution in [2.24, 2.45) is 22.6 Å². The molecule has 0 heterocycles. The van der Waals surface area contributed by atoms with Crippen LogP contribution in [0.2, 0.25) is 0 Å². The van der Waals surface area contributed by atoms with Gasteiger partial charge < -0.3 is 11.1 Å². The molecule has 3 N–H and O–H groups in total. The molecule has 1 fully saturated rings. The number of nitrogens with zero attached hydrogens (tertiary/aromatic N) is 1. The number of hydrogen-bond donors (Lipinski definition) is 2. The number of rotatable bonds is 4. The lowest BCUT2D eigenvalue weighted by molar-refractivity contribution is 0.701. The Hall–Kier alpha value is -1.56. The van der Waals surface area contributed by atoms with E-state index in [-0.39, 0.29) is 24.0 Å². The van der Waals surface area contributed by atoms with Gasteiger partial charge in [-0.1, -0.05) is 43.3 Å². The summed E-state index contributed by atoms with van der Waals surface area (Å²) in [6, 6.07) is 17.2. The van der Waals surface area contributed by atoms with E-state index in [1.54, 1.807) is 5.56 Å². The summed E-state index contributed by atoms with van der Waals surface area (Å²) in [5, 5.41) is 3.21. The van der Waals surface area contributed by atoms with Crippen molar-refractivity contribution in [2.75, 3.05) is 11.9 Å². The van der Waals surface area contributed by atoms with Gasteiger partial charge in [-0.25, -0.2) is 0 Å². The predicted octanol–water partition coefficient (Wildman–Crippen LogP) is 4.18. The molecule has 0 bridgehead atoms. The maximum absolute atomic E-state index is 6.06. The van der Waals surface area contributed by atoms with E-state index in [9.17, 15) is 0 Å². The zero-order chi connectivity index (χ0) is 15.8. The Kier molecular flexibility index (Phi) is 5.13. The number of anilines is 1. The maximum atomic E-state index is 6.06. The minimum atomic E-state index is 0. The van der Waals surface area contributed by atoms with Gasteiger partial charge in [-0.2, -0.15) is 0 Å². The van der Waals surface area contributed by atoms with Crippen molar-refractivity contribution < 1.29 is 0 Å². The number of hydrogen-bond acceptors (Lipinski definition) is 1. The molecule has 3 nitrogen and oxygen atoms in total. The monoisotopic (exact) mass is 433 g/mol. The van der Waals surface area contributed by atoms with Crippen LogP contribution in [-0.2, 0) is 12.8 Å². The molecule has 24 heavy (non-hydrogen) atoms. The first-order chi connectivity index (χ1) is 11.3. The molecule has 3 atom stereocenters. The zero-order valence-corrected chi connectivity index (χ0v) is 16.2. The van der Waals surface area contributed by atoms with Crippen LogP contribution < -0.4 is 11.1 Å². The third kappa shape index (κ3) is 3.29. The van der Waals surface area contributed by atoms with E-state index in [2.05, 4.69) is 59.7 Å². The lowest BCUT2D eigenvalue weighted by Crippen LogP contribution is -2.23.